The molecule has 0 aromatic heterocycles. The van der Waals surface area contributed by atoms with Crippen molar-refractivity contribution >= 4 is 17.8 Å². The summed E-state index contributed by atoms with van der Waals surface area (Å²) in [5.74, 6) is -0.886. The van der Waals surface area contributed by atoms with Crippen LogP contribution in [0.5, 0.6) is 0 Å². The van der Waals surface area contributed by atoms with E-state index in [0.717, 1.165) is 38.0 Å². The van der Waals surface area contributed by atoms with E-state index >= 15 is 0 Å². The lowest BCUT2D eigenvalue weighted by Gasteiger charge is -2.18. The maximum atomic E-state index is 12.4. The van der Waals surface area contributed by atoms with Gasteiger partial charge in [-0.25, -0.2) is 0 Å². The normalized spacial score (nSPS) is 12.0. The van der Waals surface area contributed by atoms with Crippen molar-refractivity contribution in [3.63, 3.8) is 0 Å². The van der Waals surface area contributed by atoms with Crippen LogP contribution >= 0.6 is 0 Å². The Morgan fingerprint density at radius 2 is 1.08 bits per heavy atom. The molecule has 0 aliphatic rings. The average molecular weight is 554 g/mol. The van der Waals surface area contributed by atoms with Gasteiger partial charge in [-0.1, -0.05) is 143 Å². The van der Waals surface area contributed by atoms with Crippen LogP contribution in [0.1, 0.15) is 175 Å². The standard InChI is InChI=1S/C33H63NO5/c1-4-5-6-7-8-9-10-11-12-16-19-22-25-30(27-31(35)34-28-32(36)37)39-33(38)26-23-20-17-14-13-15-18-21-24-29(2)3/h29-30H,4-28H2,1-3H3,(H,34,35)(H,36,37). The highest BCUT2D eigenvalue weighted by atomic mass is 16.5. The summed E-state index contributed by atoms with van der Waals surface area (Å²) in [4.78, 5) is 35.3. The number of amides is 1. The fourth-order valence-corrected chi connectivity index (χ4v) is 5.00. The summed E-state index contributed by atoms with van der Waals surface area (Å²) in [6.45, 7) is 6.40. The zero-order chi connectivity index (χ0) is 29.0. The van der Waals surface area contributed by atoms with Gasteiger partial charge in [0.2, 0.25) is 5.91 Å². The predicted octanol–water partition coefficient (Wildman–Crippen LogP) is 9.14. The Labute approximate surface area is 240 Å². The van der Waals surface area contributed by atoms with E-state index in [4.69, 9.17) is 9.84 Å². The second-order valence-electron chi connectivity index (χ2n) is 11.9. The van der Waals surface area contributed by atoms with Crippen LogP contribution in [0.2, 0.25) is 0 Å². The van der Waals surface area contributed by atoms with Gasteiger partial charge in [0.05, 0.1) is 6.42 Å². The number of unbranched alkanes of at least 4 members (excludes halogenated alkanes) is 18. The van der Waals surface area contributed by atoms with Crippen molar-refractivity contribution in [3.8, 4) is 0 Å². The molecule has 0 fully saturated rings. The molecule has 0 bridgehead atoms. The minimum absolute atomic E-state index is 0.0356. The van der Waals surface area contributed by atoms with Crippen molar-refractivity contribution in [2.75, 3.05) is 6.54 Å². The topological polar surface area (TPSA) is 92.7 Å². The van der Waals surface area contributed by atoms with E-state index in [1.54, 1.807) is 0 Å². The molecule has 0 aromatic carbocycles. The van der Waals surface area contributed by atoms with Crippen molar-refractivity contribution < 1.29 is 24.2 Å². The van der Waals surface area contributed by atoms with Crippen LogP contribution in [0.25, 0.3) is 0 Å². The third-order valence-electron chi connectivity index (χ3n) is 7.44. The van der Waals surface area contributed by atoms with E-state index in [9.17, 15) is 14.4 Å². The highest BCUT2D eigenvalue weighted by Gasteiger charge is 2.18. The number of carboxylic acid groups (broad SMARTS) is 1. The summed E-state index contributed by atoms with van der Waals surface area (Å²) in [6.07, 6.45) is 26.5. The Kier molecular flexibility index (Phi) is 26.8. The molecule has 1 unspecified atom stereocenters. The third kappa shape index (κ3) is 29.2. The van der Waals surface area contributed by atoms with Gasteiger partial charge in [0.25, 0.3) is 0 Å². The van der Waals surface area contributed by atoms with E-state index in [1.807, 2.05) is 0 Å². The minimum atomic E-state index is -1.08. The van der Waals surface area contributed by atoms with Gasteiger partial charge in [0.1, 0.15) is 12.6 Å². The summed E-state index contributed by atoms with van der Waals surface area (Å²) in [5.41, 5.74) is 0. The number of esters is 1. The van der Waals surface area contributed by atoms with E-state index in [1.165, 1.54) is 103 Å². The van der Waals surface area contributed by atoms with Crippen LogP contribution in [-0.2, 0) is 19.1 Å². The summed E-state index contributed by atoms with van der Waals surface area (Å²) in [5, 5.41) is 11.2. The molecule has 1 atom stereocenters. The van der Waals surface area contributed by atoms with Crippen molar-refractivity contribution in [2.24, 2.45) is 5.92 Å². The summed E-state index contributed by atoms with van der Waals surface area (Å²) in [6, 6.07) is 0. The molecule has 6 heteroatoms. The van der Waals surface area contributed by atoms with Crippen molar-refractivity contribution in [1.29, 1.82) is 0 Å². The van der Waals surface area contributed by atoms with Crippen LogP contribution in [0.4, 0.5) is 0 Å². The van der Waals surface area contributed by atoms with Crippen molar-refractivity contribution in [1.82, 2.24) is 5.32 Å². The molecule has 0 saturated heterocycles. The molecule has 2 N–H and O–H groups in total. The predicted molar refractivity (Wildman–Crippen MR) is 162 cm³/mol. The lowest BCUT2D eigenvalue weighted by molar-refractivity contribution is -0.151. The van der Waals surface area contributed by atoms with Crippen molar-refractivity contribution in [3.05, 3.63) is 0 Å². The van der Waals surface area contributed by atoms with Gasteiger partial charge in [-0.05, 0) is 25.2 Å². The molecule has 0 aliphatic heterocycles. The quantitative estimate of drug-likeness (QED) is 0.0711. The second kappa shape index (κ2) is 28.0. The monoisotopic (exact) mass is 553 g/mol. The van der Waals surface area contributed by atoms with Gasteiger partial charge in [-0.3, -0.25) is 14.4 Å². The molecule has 0 heterocycles. The lowest BCUT2D eigenvalue weighted by Crippen LogP contribution is -2.33. The first kappa shape index (κ1) is 37.4. The number of carbonyl (C=O) groups excluding carboxylic acids is 2. The molecule has 0 aromatic rings. The van der Waals surface area contributed by atoms with Gasteiger partial charge < -0.3 is 15.2 Å². The van der Waals surface area contributed by atoms with E-state index < -0.39 is 18.6 Å². The zero-order valence-corrected chi connectivity index (χ0v) is 25.9. The molecule has 0 aliphatic carbocycles. The smallest absolute Gasteiger partial charge is 0.322 e. The van der Waals surface area contributed by atoms with E-state index in [0.29, 0.717) is 12.8 Å². The van der Waals surface area contributed by atoms with Gasteiger partial charge in [-0.2, -0.15) is 0 Å². The molecular formula is C33H63NO5. The molecule has 1 amide bonds. The first-order valence-electron chi connectivity index (χ1n) is 16.5. The number of hydrogen-bond acceptors (Lipinski definition) is 4. The Morgan fingerprint density at radius 1 is 0.641 bits per heavy atom. The summed E-state index contributed by atoms with van der Waals surface area (Å²) in [7, 11) is 0. The van der Waals surface area contributed by atoms with E-state index in [2.05, 4.69) is 26.1 Å². The number of carboxylic acids is 1. The Morgan fingerprint density at radius 3 is 1.54 bits per heavy atom. The molecule has 6 nitrogen and oxygen atoms in total. The molecule has 0 saturated carbocycles. The fraction of sp³-hybridized carbons (Fsp3) is 0.909. The average Bonchev–Trinajstić information content (AvgIpc) is 2.88. The number of hydrogen-bond donors (Lipinski definition) is 2. The minimum Gasteiger partial charge on any atom is -0.480 e. The number of aliphatic carboxylic acids is 1. The van der Waals surface area contributed by atoms with Crippen LogP contribution in [0.15, 0.2) is 0 Å². The van der Waals surface area contributed by atoms with Crippen LogP contribution < -0.4 is 5.32 Å². The molecule has 230 valence electrons. The Balaban J connectivity index is 4.07. The first-order chi connectivity index (χ1) is 18.8. The number of rotatable bonds is 29. The van der Waals surface area contributed by atoms with E-state index in [-0.39, 0.29) is 18.3 Å². The van der Waals surface area contributed by atoms with Gasteiger partial charge >= 0.3 is 11.9 Å². The molecule has 0 rings (SSSR count). The molecule has 0 spiro atoms. The van der Waals surface area contributed by atoms with Crippen LogP contribution in [0.3, 0.4) is 0 Å². The molecule has 39 heavy (non-hydrogen) atoms. The number of ether oxygens (including phenoxy) is 1. The number of nitrogens with one attached hydrogen (secondary N) is 1. The first-order valence-corrected chi connectivity index (χ1v) is 16.5. The Bertz CT molecular complexity index is 593. The zero-order valence-electron chi connectivity index (χ0n) is 25.9. The summed E-state index contributed by atoms with van der Waals surface area (Å²) < 4.78 is 5.67. The maximum absolute atomic E-state index is 12.4. The SMILES string of the molecule is CCCCCCCCCCCCCCC(CC(=O)NCC(=O)O)OC(=O)CCCCCCCCCCC(C)C. The van der Waals surface area contributed by atoms with Gasteiger partial charge in [0.15, 0.2) is 0 Å². The third-order valence-corrected chi connectivity index (χ3v) is 7.44. The maximum Gasteiger partial charge on any atom is 0.322 e. The lowest BCUT2D eigenvalue weighted by atomic mass is 10.0. The second-order valence-corrected chi connectivity index (χ2v) is 11.9. The molecular weight excluding hydrogens is 490 g/mol. The molecule has 0 radical (unpaired) electrons. The Hall–Kier alpha value is -1.59. The van der Waals surface area contributed by atoms with Gasteiger partial charge in [0, 0.05) is 6.42 Å². The highest BCUT2D eigenvalue weighted by molar-refractivity contribution is 5.81. The van der Waals surface area contributed by atoms with Crippen LogP contribution in [0, 0.1) is 5.92 Å². The summed E-state index contributed by atoms with van der Waals surface area (Å²) >= 11 is 0. The van der Waals surface area contributed by atoms with Crippen molar-refractivity contribution in [2.45, 2.75) is 181 Å². The highest BCUT2D eigenvalue weighted by Crippen LogP contribution is 2.17. The number of carbonyl (C=O) groups is 3. The largest absolute Gasteiger partial charge is 0.480 e. The fourth-order valence-electron chi connectivity index (χ4n) is 5.00. The van der Waals surface area contributed by atoms with Crippen LogP contribution in [-0.4, -0.2) is 35.6 Å². The van der Waals surface area contributed by atoms with Gasteiger partial charge in [-0.15, -0.1) is 0 Å².